The predicted octanol–water partition coefficient (Wildman–Crippen LogP) is 2.26. The molecule has 3 amide bonds. The lowest BCUT2D eigenvalue weighted by Gasteiger charge is -2.35. The smallest absolute Gasteiger partial charge is 0.262 e. The van der Waals surface area contributed by atoms with Crippen LogP contribution in [0.25, 0.3) is 10.2 Å². The Balaban J connectivity index is 1.25. The Morgan fingerprint density at radius 2 is 1.64 bits per heavy atom. The van der Waals surface area contributed by atoms with Gasteiger partial charge in [-0.15, -0.1) is 0 Å². The highest BCUT2D eigenvalue weighted by Crippen LogP contribution is 2.40. The first kappa shape index (κ1) is 21.2. The maximum Gasteiger partial charge on any atom is 0.262 e. The molecule has 0 spiro atoms. The van der Waals surface area contributed by atoms with Gasteiger partial charge in [-0.3, -0.25) is 19.3 Å². The molecule has 1 saturated heterocycles. The Kier molecular flexibility index (Phi) is 5.37. The van der Waals surface area contributed by atoms with Gasteiger partial charge in [-0.25, -0.2) is 4.98 Å². The van der Waals surface area contributed by atoms with Crippen LogP contribution in [0.5, 0.6) is 11.5 Å². The van der Waals surface area contributed by atoms with Gasteiger partial charge < -0.3 is 19.3 Å². The molecule has 0 radical (unpaired) electrons. The number of methoxy groups -OCH3 is 2. The summed E-state index contributed by atoms with van der Waals surface area (Å²) in [6.07, 6.45) is 0. The lowest BCUT2D eigenvalue weighted by molar-refractivity contribution is -0.131. The molecule has 9 nitrogen and oxygen atoms in total. The SMILES string of the molecule is COc1ccc2sc(N3CCN(C(=O)CN4C(=O)c5ccccc5C4=O)CC3)nc2c1OC. The molecule has 0 unspecified atom stereocenters. The minimum atomic E-state index is -0.415. The molecule has 0 saturated carbocycles. The molecular weight excluding hydrogens is 444 g/mol. The maximum absolute atomic E-state index is 12.9. The average molecular weight is 467 g/mol. The number of nitrogens with zero attached hydrogens (tertiary/aromatic N) is 4. The molecule has 5 rings (SSSR count). The van der Waals surface area contributed by atoms with Crippen molar-refractivity contribution in [2.45, 2.75) is 0 Å². The number of amides is 3. The van der Waals surface area contributed by atoms with Crippen LogP contribution in [0.4, 0.5) is 5.13 Å². The van der Waals surface area contributed by atoms with Gasteiger partial charge in [0.1, 0.15) is 12.1 Å². The van der Waals surface area contributed by atoms with Gasteiger partial charge in [0.25, 0.3) is 11.8 Å². The van der Waals surface area contributed by atoms with Gasteiger partial charge in [-0.1, -0.05) is 23.5 Å². The van der Waals surface area contributed by atoms with E-state index in [1.165, 1.54) is 0 Å². The molecule has 0 aliphatic carbocycles. The van der Waals surface area contributed by atoms with Crippen molar-refractivity contribution in [2.75, 3.05) is 51.8 Å². The molecule has 1 aromatic heterocycles. The van der Waals surface area contributed by atoms with Gasteiger partial charge in [0.2, 0.25) is 5.91 Å². The van der Waals surface area contributed by atoms with Gasteiger partial charge in [0, 0.05) is 26.2 Å². The Morgan fingerprint density at radius 1 is 0.970 bits per heavy atom. The second-order valence-corrected chi connectivity index (χ2v) is 8.76. The van der Waals surface area contributed by atoms with Crippen LogP contribution in [0.3, 0.4) is 0 Å². The molecule has 1 fully saturated rings. The van der Waals surface area contributed by atoms with Crippen LogP contribution in [0.2, 0.25) is 0 Å². The quantitative estimate of drug-likeness (QED) is 0.533. The summed E-state index contributed by atoms with van der Waals surface area (Å²) in [6, 6.07) is 10.5. The molecule has 0 bridgehead atoms. The van der Waals surface area contributed by atoms with E-state index in [1.54, 1.807) is 54.7 Å². The first-order valence-electron chi connectivity index (χ1n) is 10.5. The third-order valence-electron chi connectivity index (χ3n) is 5.97. The molecule has 2 aliphatic rings. The first-order chi connectivity index (χ1) is 16.0. The van der Waals surface area contributed by atoms with E-state index in [4.69, 9.17) is 14.5 Å². The van der Waals surface area contributed by atoms with Crippen LogP contribution in [0, 0.1) is 0 Å². The van der Waals surface area contributed by atoms with E-state index in [0.717, 1.165) is 20.2 Å². The number of hydrogen-bond donors (Lipinski definition) is 0. The molecule has 2 aliphatic heterocycles. The third-order valence-corrected chi connectivity index (χ3v) is 7.05. The molecule has 0 atom stereocenters. The number of piperazine rings is 1. The van der Waals surface area contributed by atoms with Gasteiger partial charge in [0.15, 0.2) is 16.6 Å². The summed E-state index contributed by atoms with van der Waals surface area (Å²) in [5.74, 6) is 0.167. The van der Waals surface area contributed by atoms with Gasteiger partial charge in [0.05, 0.1) is 30.0 Å². The van der Waals surface area contributed by atoms with Crippen molar-refractivity contribution >= 4 is 44.4 Å². The Morgan fingerprint density at radius 3 is 2.24 bits per heavy atom. The van der Waals surface area contributed by atoms with Crippen molar-refractivity contribution in [1.29, 1.82) is 0 Å². The molecule has 3 heterocycles. The van der Waals surface area contributed by atoms with Crippen molar-refractivity contribution in [3.8, 4) is 11.5 Å². The molecule has 2 aromatic carbocycles. The third kappa shape index (κ3) is 3.56. The minimum absolute atomic E-state index is 0.236. The number of aromatic nitrogens is 1. The number of benzene rings is 2. The fourth-order valence-electron chi connectivity index (χ4n) is 4.20. The zero-order chi connectivity index (χ0) is 23.1. The van der Waals surface area contributed by atoms with Crippen LogP contribution >= 0.6 is 11.3 Å². The van der Waals surface area contributed by atoms with E-state index < -0.39 is 11.8 Å². The summed E-state index contributed by atoms with van der Waals surface area (Å²) in [5, 5.41) is 0.851. The van der Waals surface area contributed by atoms with E-state index in [-0.39, 0.29) is 12.5 Å². The fraction of sp³-hybridized carbons (Fsp3) is 0.304. The Labute approximate surface area is 194 Å². The number of ether oxygens (including phenoxy) is 2. The van der Waals surface area contributed by atoms with Crippen LogP contribution in [0.1, 0.15) is 20.7 Å². The largest absolute Gasteiger partial charge is 0.493 e. The number of carbonyl (C=O) groups is 3. The van der Waals surface area contributed by atoms with E-state index >= 15 is 0 Å². The van der Waals surface area contributed by atoms with E-state index in [0.29, 0.717) is 48.8 Å². The Bertz CT molecular complexity index is 1230. The zero-order valence-corrected chi connectivity index (χ0v) is 19.1. The summed E-state index contributed by atoms with van der Waals surface area (Å²) < 4.78 is 11.8. The molecule has 33 heavy (non-hydrogen) atoms. The normalized spacial score (nSPS) is 15.9. The van der Waals surface area contributed by atoms with Crippen molar-refractivity contribution in [3.05, 3.63) is 47.5 Å². The topological polar surface area (TPSA) is 92.3 Å². The van der Waals surface area contributed by atoms with Crippen molar-refractivity contribution in [3.63, 3.8) is 0 Å². The maximum atomic E-state index is 12.9. The standard InChI is InChI=1S/C23H22N4O5S/c1-31-16-7-8-17-19(20(16)32-2)24-23(33-17)26-11-9-25(10-12-26)18(28)13-27-21(29)14-5-3-4-6-15(14)22(27)30/h3-8H,9-13H2,1-2H3. The van der Waals surface area contributed by atoms with Crippen LogP contribution in [-0.4, -0.2) is 79.4 Å². The number of anilines is 1. The van der Waals surface area contributed by atoms with Crippen molar-refractivity contribution in [2.24, 2.45) is 0 Å². The number of carbonyl (C=O) groups excluding carboxylic acids is 3. The molecule has 0 N–H and O–H groups in total. The Hall–Kier alpha value is -3.66. The van der Waals surface area contributed by atoms with Crippen LogP contribution in [0.15, 0.2) is 36.4 Å². The monoisotopic (exact) mass is 466 g/mol. The number of thiazole rings is 1. The highest BCUT2D eigenvalue weighted by Gasteiger charge is 2.37. The van der Waals surface area contributed by atoms with Crippen LogP contribution in [-0.2, 0) is 4.79 Å². The number of fused-ring (bicyclic) bond motifs is 2. The molecule has 10 heteroatoms. The van der Waals surface area contributed by atoms with Gasteiger partial charge in [-0.2, -0.15) is 0 Å². The van der Waals surface area contributed by atoms with Gasteiger partial charge in [-0.05, 0) is 24.3 Å². The first-order valence-corrected chi connectivity index (χ1v) is 11.3. The minimum Gasteiger partial charge on any atom is -0.493 e. The summed E-state index contributed by atoms with van der Waals surface area (Å²) in [7, 11) is 3.18. The van der Waals surface area contributed by atoms with E-state index in [9.17, 15) is 14.4 Å². The second-order valence-electron chi connectivity index (χ2n) is 7.75. The lowest BCUT2D eigenvalue weighted by Crippen LogP contribution is -2.51. The average Bonchev–Trinajstić information content (AvgIpc) is 3.39. The highest BCUT2D eigenvalue weighted by molar-refractivity contribution is 7.22. The number of hydrogen-bond acceptors (Lipinski definition) is 8. The summed E-state index contributed by atoms with van der Waals surface area (Å²) in [5.41, 5.74) is 1.45. The fourth-order valence-corrected chi connectivity index (χ4v) is 5.21. The highest BCUT2D eigenvalue weighted by atomic mass is 32.1. The van der Waals surface area contributed by atoms with Crippen LogP contribution < -0.4 is 14.4 Å². The molecule has 3 aromatic rings. The number of rotatable bonds is 5. The van der Waals surface area contributed by atoms with E-state index in [2.05, 4.69) is 4.90 Å². The van der Waals surface area contributed by atoms with Gasteiger partial charge >= 0.3 is 0 Å². The zero-order valence-electron chi connectivity index (χ0n) is 18.2. The lowest BCUT2D eigenvalue weighted by atomic mass is 10.1. The van der Waals surface area contributed by atoms with Crippen molar-refractivity contribution in [1.82, 2.24) is 14.8 Å². The summed E-state index contributed by atoms with van der Waals surface area (Å²) in [4.78, 5) is 47.5. The molecular formula is C23H22N4O5S. The number of imide groups is 1. The predicted molar refractivity (Wildman–Crippen MR) is 123 cm³/mol. The van der Waals surface area contributed by atoms with E-state index in [1.807, 2.05) is 12.1 Å². The summed E-state index contributed by atoms with van der Waals surface area (Å²) >= 11 is 1.56. The second kappa shape index (κ2) is 8.36. The summed E-state index contributed by atoms with van der Waals surface area (Å²) in [6.45, 7) is 1.93. The molecule has 170 valence electrons. The van der Waals surface area contributed by atoms with Crippen molar-refractivity contribution < 1.29 is 23.9 Å².